The summed E-state index contributed by atoms with van der Waals surface area (Å²) < 4.78 is 0. The Hall–Kier alpha value is -1.36. The molecular formula is C12H20N4O. The molecule has 2 N–H and O–H groups in total. The molecule has 1 aliphatic rings. The molecule has 1 aliphatic heterocycles. The highest BCUT2D eigenvalue weighted by Crippen LogP contribution is 2.14. The molecule has 2 heterocycles. The zero-order valence-electron chi connectivity index (χ0n) is 10.5. The molecule has 0 unspecified atom stereocenters. The number of nitrogens with one attached hydrogen (secondary N) is 2. The highest BCUT2D eigenvalue weighted by Gasteiger charge is 2.20. The molecule has 1 saturated heterocycles. The van der Waals surface area contributed by atoms with Gasteiger partial charge >= 0.3 is 0 Å². The third kappa shape index (κ3) is 2.85. The summed E-state index contributed by atoms with van der Waals surface area (Å²) in [7, 11) is 1.87. The Labute approximate surface area is 102 Å². The number of aryl methyl sites for hydroxylation is 1. The molecule has 0 atom stereocenters. The smallest absolute Gasteiger partial charge is 0.257 e. The number of hydrogen-bond acceptors (Lipinski definition) is 3. The number of nitrogens with zero attached hydrogens (tertiary/aromatic N) is 2. The number of rotatable bonds is 3. The Bertz CT molecular complexity index is 382. The first-order valence-corrected chi connectivity index (χ1v) is 6.14. The monoisotopic (exact) mass is 236 g/mol. The van der Waals surface area contributed by atoms with Crippen molar-refractivity contribution in [3.8, 4) is 0 Å². The van der Waals surface area contributed by atoms with Crippen LogP contribution in [-0.4, -0.2) is 47.7 Å². The van der Waals surface area contributed by atoms with Crippen LogP contribution in [0.5, 0.6) is 0 Å². The largest absolute Gasteiger partial charge is 0.341 e. The average Bonchev–Trinajstić information content (AvgIpc) is 2.76. The van der Waals surface area contributed by atoms with Crippen molar-refractivity contribution in [2.24, 2.45) is 5.92 Å². The van der Waals surface area contributed by atoms with Crippen LogP contribution in [0.3, 0.4) is 0 Å². The average molecular weight is 236 g/mol. The second kappa shape index (κ2) is 5.31. The fourth-order valence-electron chi connectivity index (χ4n) is 2.31. The summed E-state index contributed by atoms with van der Waals surface area (Å²) in [5.41, 5.74) is 1.52. The van der Waals surface area contributed by atoms with E-state index in [2.05, 4.69) is 15.5 Å². The topological polar surface area (TPSA) is 61.0 Å². The number of H-pyrrole nitrogens is 1. The predicted molar refractivity (Wildman–Crippen MR) is 65.9 cm³/mol. The van der Waals surface area contributed by atoms with Crippen LogP contribution in [0.2, 0.25) is 0 Å². The van der Waals surface area contributed by atoms with Gasteiger partial charge in [0, 0.05) is 19.3 Å². The second-order valence-corrected chi connectivity index (χ2v) is 4.79. The van der Waals surface area contributed by atoms with Crippen molar-refractivity contribution in [3.63, 3.8) is 0 Å². The molecule has 0 spiro atoms. The van der Waals surface area contributed by atoms with Gasteiger partial charge in [-0.3, -0.25) is 9.89 Å². The van der Waals surface area contributed by atoms with E-state index in [1.807, 2.05) is 18.9 Å². The lowest BCUT2D eigenvalue weighted by molar-refractivity contribution is 0.0762. The normalized spacial score (nSPS) is 17.1. The lowest BCUT2D eigenvalue weighted by atomic mass is 9.97. The third-order valence-corrected chi connectivity index (χ3v) is 3.40. The second-order valence-electron chi connectivity index (χ2n) is 4.79. The molecule has 1 fully saturated rings. The maximum Gasteiger partial charge on any atom is 0.257 e. The van der Waals surface area contributed by atoms with E-state index in [0.29, 0.717) is 11.5 Å². The van der Waals surface area contributed by atoms with Crippen LogP contribution in [0.1, 0.15) is 28.9 Å². The molecule has 5 heteroatoms. The Balaban J connectivity index is 1.93. The molecule has 94 valence electrons. The van der Waals surface area contributed by atoms with Gasteiger partial charge < -0.3 is 10.2 Å². The van der Waals surface area contributed by atoms with Crippen LogP contribution in [0.15, 0.2) is 6.20 Å². The number of aromatic amines is 1. The molecule has 1 amide bonds. The number of amides is 1. The summed E-state index contributed by atoms with van der Waals surface area (Å²) in [6.07, 6.45) is 3.92. The standard InChI is InChI=1S/C12H20N4O/c1-9-11(7-14-15-9)12(17)16(2)8-10-3-5-13-6-4-10/h7,10,13H,3-6,8H2,1-2H3,(H,14,15). The van der Waals surface area contributed by atoms with Crippen LogP contribution < -0.4 is 5.32 Å². The first-order chi connectivity index (χ1) is 8.18. The Kier molecular flexibility index (Phi) is 3.78. The van der Waals surface area contributed by atoms with Gasteiger partial charge in [-0.2, -0.15) is 5.10 Å². The molecule has 1 aromatic heterocycles. The van der Waals surface area contributed by atoms with Crippen LogP contribution in [0.4, 0.5) is 0 Å². The first-order valence-electron chi connectivity index (χ1n) is 6.14. The molecule has 2 rings (SSSR count). The van der Waals surface area contributed by atoms with Gasteiger partial charge in [-0.15, -0.1) is 0 Å². The SMILES string of the molecule is Cc1[nH]ncc1C(=O)N(C)CC1CCNCC1. The minimum Gasteiger partial charge on any atom is -0.341 e. The lowest BCUT2D eigenvalue weighted by Gasteiger charge is -2.27. The molecular weight excluding hydrogens is 216 g/mol. The number of aromatic nitrogens is 2. The summed E-state index contributed by atoms with van der Waals surface area (Å²) in [6, 6.07) is 0. The van der Waals surface area contributed by atoms with Crippen LogP contribution in [-0.2, 0) is 0 Å². The zero-order valence-corrected chi connectivity index (χ0v) is 10.5. The zero-order chi connectivity index (χ0) is 12.3. The number of piperidine rings is 1. The van der Waals surface area contributed by atoms with Crippen LogP contribution >= 0.6 is 0 Å². The summed E-state index contributed by atoms with van der Waals surface area (Å²) in [5.74, 6) is 0.687. The van der Waals surface area contributed by atoms with E-state index >= 15 is 0 Å². The molecule has 0 saturated carbocycles. The molecule has 0 aromatic carbocycles. The van der Waals surface area contributed by atoms with Gasteiger partial charge in [0.2, 0.25) is 0 Å². The van der Waals surface area contributed by atoms with Gasteiger partial charge in [0.25, 0.3) is 5.91 Å². The number of carbonyl (C=O) groups excluding carboxylic acids is 1. The van der Waals surface area contributed by atoms with Crippen molar-refractivity contribution in [1.82, 2.24) is 20.4 Å². The minimum absolute atomic E-state index is 0.0646. The maximum atomic E-state index is 12.2. The first kappa shape index (κ1) is 12.1. The third-order valence-electron chi connectivity index (χ3n) is 3.40. The number of hydrogen-bond donors (Lipinski definition) is 2. The predicted octanol–water partition coefficient (Wildman–Crippen LogP) is 0.790. The van der Waals surface area contributed by atoms with E-state index in [9.17, 15) is 4.79 Å². The Morgan fingerprint density at radius 1 is 1.53 bits per heavy atom. The molecule has 0 bridgehead atoms. The van der Waals surface area contributed by atoms with E-state index in [1.165, 1.54) is 0 Å². The summed E-state index contributed by atoms with van der Waals surface area (Å²) in [6.45, 7) is 4.85. The molecule has 0 aliphatic carbocycles. The maximum absolute atomic E-state index is 12.2. The summed E-state index contributed by atoms with van der Waals surface area (Å²) in [4.78, 5) is 14.0. The van der Waals surface area contributed by atoms with E-state index in [0.717, 1.165) is 38.2 Å². The highest BCUT2D eigenvalue weighted by atomic mass is 16.2. The quantitative estimate of drug-likeness (QED) is 0.815. The fourth-order valence-corrected chi connectivity index (χ4v) is 2.31. The van der Waals surface area contributed by atoms with Crippen LogP contribution in [0.25, 0.3) is 0 Å². The van der Waals surface area contributed by atoms with E-state index in [4.69, 9.17) is 0 Å². The van der Waals surface area contributed by atoms with Crippen molar-refractivity contribution in [3.05, 3.63) is 17.5 Å². The minimum atomic E-state index is 0.0646. The van der Waals surface area contributed by atoms with Gasteiger partial charge in [0.05, 0.1) is 11.8 Å². The van der Waals surface area contributed by atoms with Gasteiger partial charge in [0.15, 0.2) is 0 Å². The Morgan fingerprint density at radius 2 is 2.24 bits per heavy atom. The fraction of sp³-hybridized carbons (Fsp3) is 0.667. The molecule has 0 radical (unpaired) electrons. The van der Waals surface area contributed by atoms with Crippen LogP contribution in [0, 0.1) is 12.8 Å². The van der Waals surface area contributed by atoms with Crippen molar-refractivity contribution >= 4 is 5.91 Å². The lowest BCUT2D eigenvalue weighted by Crippen LogP contribution is -2.37. The Morgan fingerprint density at radius 3 is 2.82 bits per heavy atom. The van der Waals surface area contributed by atoms with E-state index in [-0.39, 0.29) is 5.91 Å². The van der Waals surface area contributed by atoms with Gasteiger partial charge in [0.1, 0.15) is 0 Å². The van der Waals surface area contributed by atoms with Crippen molar-refractivity contribution in [2.75, 3.05) is 26.7 Å². The summed E-state index contributed by atoms with van der Waals surface area (Å²) in [5, 5.41) is 10.0. The number of carbonyl (C=O) groups is 1. The summed E-state index contributed by atoms with van der Waals surface area (Å²) >= 11 is 0. The molecule has 17 heavy (non-hydrogen) atoms. The highest BCUT2D eigenvalue weighted by molar-refractivity contribution is 5.94. The molecule has 5 nitrogen and oxygen atoms in total. The van der Waals surface area contributed by atoms with Gasteiger partial charge in [-0.05, 0) is 38.8 Å². The molecule has 1 aromatic rings. The van der Waals surface area contributed by atoms with E-state index in [1.54, 1.807) is 6.20 Å². The van der Waals surface area contributed by atoms with Crippen molar-refractivity contribution in [1.29, 1.82) is 0 Å². The van der Waals surface area contributed by atoms with Gasteiger partial charge in [-0.25, -0.2) is 0 Å². The van der Waals surface area contributed by atoms with E-state index < -0.39 is 0 Å². The van der Waals surface area contributed by atoms with Gasteiger partial charge in [-0.1, -0.05) is 0 Å². The van der Waals surface area contributed by atoms with Crippen molar-refractivity contribution in [2.45, 2.75) is 19.8 Å². The van der Waals surface area contributed by atoms with Crippen molar-refractivity contribution < 1.29 is 4.79 Å².